The molecule has 0 aliphatic rings. The Morgan fingerprint density at radius 3 is 2.74 bits per heavy atom. The number of hydrogen-bond donors (Lipinski definition) is 3. The van der Waals surface area contributed by atoms with E-state index in [0.717, 1.165) is 0 Å². The number of halogens is 2. The van der Waals surface area contributed by atoms with Gasteiger partial charge in [0.25, 0.3) is 0 Å². The average molecular weight is 281 g/mol. The van der Waals surface area contributed by atoms with Gasteiger partial charge in [-0.3, -0.25) is 5.84 Å². The molecule has 0 fully saturated rings. The monoisotopic (exact) mass is 280 g/mol. The van der Waals surface area contributed by atoms with Gasteiger partial charge in [0.05, 0.1) is 11.1 Å². The van der Waals surface area contributed by atoms with E-state index in [-0.39, 0.29) is 5.82 Å². The van der Waals surface area contributed by atoms with Crippen LogP contribution in [-0.2, 0) is 0 Å². The molecule has 0 radical (unpaired) electrons. The van der Waals surface area contributed by atoms with Gasteiger partial charge in [0.1, 0.15) is 11.6 Å². The van der Waals surface area contributed by atoms with Crippen LogP contribution >= 0.6 is 11.6 Å². The maximum absolute atomic E-state index is 13.6. The number of aromatic nitrogens is 1. The van der Waals surface area contributed by atoms with Gasteiger partial charge >= 0.3 is 0 Å². The number of nitrogens with two attached hydrogens (primary N) is 2. The average Bonchev–Trinajstić information content (AvgIpc) is 2.38. The summed E-state index contributed by atoms with van der Waals surface area (Å²) in [6.07, 6.45) is 1.45. The molecule has 0 aliphatic heterocycles. The van der Waals surface area contributed by atoms with Gasteiger partial charge in [-0.2, -0.15) is 0 Å². The minimum Gasteiger partial charge on any atom is -0.383 e. The molecule has 1 atom stereocenters. The van der Waals surface area contributed by atoms with Crippen molar-refractivity contribution in [1.82, 2.24) is 10.4 Å². The third-order valence-electron chi connectivity index (χ3n) is 2.92. The van der Waals surface area contributed by atoms with Gasteiger partial charge in [0.2, 0.25) is 0 Å². The summed E-state index contributed by atoms with van der Waals surface area (Å²) in [7, 11) is 0. The van der Waals surface area contributed by atoms with Crippen molar-refractivity contribution < 1.29 is 4.39 Å². The number of pyridine rings is 1. The maximum Gasteiger partial charge on any atom is 0.128 e. The third-order valence-corrected chi connectivity index (χ3v) is 3.13. The lowest BCUT2D eigenvalue weighted by Gasteiger charge is -2.18. The van der Waals surface area contributed by atoms with Crippen LogP contribution in [0.5, 0.6) is 0 Å². The molecular weight excluding hydrogens is 267 g/mol. The Bertz CT molecular complexity index is 603. The molecule has 4 nitrogen and oxygen atoms in total. The molecule has 2 rings (SSSR count). The lowest BCUT2D eigenvalue weighted by atomic mass is 9.98. The summed E-state index contributed by atoms with van der Waals surface area (Å²) in [4.78, 5) is 3.97. The molecule has 0 bridgehead atoms. The van der Waals surface area contributed by atoms with Crippen molar-refractivity contribution in [3.63, 3.8) is 0 Å². The number of nitrogen functional groups attached to an aromatic ring is 1. The Balaban J connectivity index is 2.49. The number of rotatable bonds is 3. The van der Waals surface area contributed by atoms with Crippen LogP contribution in [0.4, 0.5) is 10.2 Å². The number of nitrogens with one attached hydrogen (secondary N) is 1. The highest BCUT2D eigenvalue weighted by Gasteiger charge is 2.17. The Morgan fingerprint density at radius 2 is 2.11 bits per heavy atom. The molecule has 1 aromatic carbocycles. The van der Waals surface area contributed by atoms with Crippen molar-refractivity contribution in [2.24, 2.45) is 5.84 Å². The van der Waals surface area contributed by atoms with E-state index < -0.39 is 6.04 Å². The first-order valence-electron chi connectivity index (χ1n) is 5.66. The molecule has 19 heavy (non-hydrogen) atoms. The SMILES string of the molecule is Cc1ccc(C(NN)c2cc(Cl)cnc2N)cc1F. The van der Waals surface area contributed by atoms with Crippen LogP contribution in [0.25, 0.3) is 0 Å². The van der Waals surface area contributed by atoms with Crippen LogP contribution in [0.1, 0.15) is 22.7 Å². The molecule has 100 valence electrons. The fourth-order valence-electron chi connectivity index (χ4n) is 1.85. The molecule has 6 heteroatoms. The number of hydrazine groups is 1. The van der Waals surface area contributed by atoms with Gasteiger partial charge in [-0.25, -0.2) is 14.8 Å². The fourth-order valence-corrected chi connectivity index (χ4v) is 2.02. The summed E-state index contributed by atoms with van der Waals surface area (Å²) in [6.45, 7) is 1.69. The third kappa shape index (κ3) is 2.84. The van der Waals surface area contributed by atoms with Crippen LogP contribution in [0.15, 0.2) is 30.5 Å². The number of nitrogens with zero attached hydrogens (tertiary/aromatic N) is 1. The predicted molar refractivity (Wildman–Crippen MR) is 74.0 cm³/mol. The van der Waals surface area contributed by atoms with Gasteiger partial charge in [0, 0.05) is 11.8 Å². The largest absolute Gasteiger partial charge is 0.383 e. The molecule has 0 amide bonds. The predicted octanol–water partition coefficient (Wildman–Crippen LogP) is 2.32. The molecular formula is C13H14ClFN4. The van der Waals surface area contributed by atoms with Gasteiger partial charge in [-0.1, -0.05) is 23.7 Å². The van der Waals surface area contributed by atoms with E-state index in [0.29, 0.717) is 27.5 Å². The highest BCUT2D eigenvalue weighted by molar-refractivity contribution is 6.30. The number of aryl methyl sites for hydroxylation is 1. The van der Waals surface area contributed by atoms with Crippen molar-refractivity contribution in [2.75, 3.05) is 5.73 Å². The van der Waals surface area contributed by atoms with Crippen LogP contribution in [0, 0.1) is 12.7 Å². The van der Waals surface area contributed by atoms with Crippen molar-refractivity contribution in [3.05, 3.63) is 58.0 Å². The minimum atomic E-state index is -0.471. The van der Waals surface area contributed by atoms with E-state index in [1.807, 2.05) is 0 Å². The number of hydrogen-bond acceptors (Lipinski definition) is 4. The van der Waals surface area contributed by atoms with Crippen LogP contribution in [0.2, 0.25) is 5.02 Å². The molecule has 0 saturated heterocycles. The standard InChI is InChI=1S/C13H14ClFN4/c1-7-2-3-8(4-11(7)15)12(19-17)10-5-9(14)6-18-13(10)16/h2-6,12,19H,17H2,1H3,(H2,16,18). The van der Waals surface area contributed by atoms with E-state index in [9.17, 15) is 4.39 Å². The summed E-state index contributed by atoms with van der Waals surface area (Å²) in [6, 6.07) is 6.07. The second kappa shape index (κ2) is 5.52. The normalized spacial score (nSPS) is 12.4. The van der Waals surface area contributed by atoms with Crippen molar-refractivity contribution >= 4 is 17.4 Å². The van der Waals surface area contributed by atoms with E-state index in [1.54, 1.807) is 25.1 Å². The molecule has 0 aliphatic carbocycles. The second-order valence-corrected chi connectivity index (χ2v) is 4.67. The van der Waals surface area contributed by atoms with Gasteiger partial charge < -0.3 is 5.73 Å². The topological polar surface area (TPSA) is 77.0 Å². The highest BCUT2D eigenvalue weighted by atomic mass is 35.5. The number of anilines is 1. The van der Waals surface area contributed by atoms with E-state index in [4.69, 9.17) is 23.2 Å². The van der Waals surface area contributed by atoms with Crippen LogP contribution in [-0.4, -0.2) is 4.98 Å². The van der Waals surface area contributed by atoms with Crippen LogP contribution < -0.4 is 17.0 Å². The molecule has 1 heterocycles. The molecule has 2 aromatic rings. The smallest absolute Gasteiger partial charge is 0.128 e. The second-order valence-electron chi connectivity index (χ2n) is 4.24. The number of benzene rings is 1. The van der Waals surface area contributed by atoms with E-state index >= 15 is 0 Å². The van der Waals surface area contributed by atoms with Gasteiger partial charge in [-0.15, -0.1) is 0 Å². The summed E-state index contributed by atoms with van der Waals surface area (Å²) >= 11 is 5.90. The maximum atomic E-state index is 13.6. The van der Waals surface area contributed by atoms with E-state index in [2.05, 4.69) is 10.4 Å². The Kier molecular flexibility index (Phi) is 3.99. The molecule has 0 saturated carbocycles. The Labute approximate surface area is 115 Å². The Morgan fingerprint density at radius 1 is 1.37 bits per heavy atom. The summed E-state index contributed by atoms with van der Waals surface area (Å²) in [5.74, 6) is 5.54. The quantitative estimate of drug-likeness (QED) is 0.596. The van der Waals surface area contributed by atoms with Crippen molar-refractivity contribution in [1.29, 1.82) is 0 Å². The zero-order valence-corrected chi connectivity index (χ0v) is 11.1. The lowest BCUT2D eigenvalue weighted by molar-refractivity contribution is 0.599. The Hall–Kier alpha value is -1.69. The zero-order valence-electron chi connectivity index (χ0n) is 10.3. The minimum absolute atomic E-state index is 0.299. The summed E-state index contributed by atoms with van der Waals surface area (Å²) < 4.78 is 13.6. The molecule has 5 N–H and O–H groups in total. The molecule has 1 aromatic heterocycles. The van der Waals surface area contributed by atoms with E-state index in [1.165, 1.54) is 12.3 Å². The zero-order chi connectivity index (χ0) is 14.0. The molecule has 0 spiro atoms. The fraction of sp³-hybridized carbons (Fsp3) is 0.154. The highest BCUT2D eigenvalue weighted by Crippen LogP contribution is 2.28. The first-order valence-corrected chi connectivity index (χ1v) is 6.04. The summed E-state index contributed by atoms with van der Waals surface area (Å²) in [5, 5.41) is 0.442. The van der Waals surface area contributed by atoms with Gasteiger partial charge in [-0.05, 0) is 30.2 Å². The first kappa shape index (κ1) is 13.7. The van der Waals surface area contributed by atoms with Crippen LogP contribution in [0.3, 0.4) is 0 Å². The lowest BCUT2D eigenvalue weighted by Crippen LogP contribution is -2.29. The first-order chi connectivity index (χ1) is 9.02. The van der Waals surface area contributed by atoms with Gasteiger partial charge in [0.15, 0.2) is 0 Å². The summed E-state index contributed by atoms with van der Waals surface area (Å²) in [5.41, 5.74) is 10.2. The molecule has 1 unspecified atom stereocenters. The van der Waals surface area contributed by atoms with Crippen molar-refractivity contribution in [3.8, 4) is 0 Å². The van der Waals surface area contributed by atoms with Crippen molar-refractivity contribution in [2.45, 2.75) is 13.0 Å².